The topological polar surface area (TPSA) is 55.5 Å². The van der Waals surface area contributed by atoms with E-state index in [1.165, 1.54) is 0 Å². The van der Waals surface area contributed by atoms with Crippen molar-refractivity contribution in [3.63, 3.8) is 0 Å². The van der Waals surface area contributed by atoms with Crippen molar-refractivity contribution in [2.24, 2.45) is 0 Å². The van der Waals surface area contributed by atoms with Crippen molar-refractivity contribution in [2.45, 2.75) is 158 Å². The van der Waals surface area contributed by atoms with Crippen LogP contribution in [0.15, 0.2) is 0 Å². The molecule has 0 aliphatic carbocycles. The van der Waals surface area contributed by atoms with Crippen LogP contribution < -0.4 is 7.13 Å². The monoisotopic (exact) mass is 980 g/mol. The number of rotatable bonds is 2. The van der Waals surface area contributed by atoms with Gasteiger partial charge in [-0.15, -0.1) is 0 Å². The van der Waals surface area contributed by atoms with Gasteiger partial charge in [-0.05, 0) is 0 Å². The van der Waals surface area contributed by atoms with Crippen molar-refractivity contribution in [3.8, 4) is 0 Å². The van der Waals surface area contributed by atoms with Crippen LogP contribution in [0.4, 0.5) is 0 Å². The molecule has 3 aliphatic rings. The molecule has 12 heteroatoms. The fourth-order valence-electron chi connectivity index (χ4n) is 4.17. The van der Waals surface area contributed by atoms with Crippen molar-refractivity contribution < 1.29 is 2.93 Å². The molecule has 216 valence electrons. The summed E-state index contributed by atoms with van der Waals surface area (Å²) >= 11 is -11.1. The summed E-state index contributed by atoms with van der Waals surface area (Å²) in [6.45, 7) is 42.0. The molecule has 0 aromatic heterocycles. The average molecular weight is 971 g/mol. The second kappa shape index (κ2) is 9.68. The van der Waals surface area contributed by atoms with E-state index in [2.05, 4.69) is 137 Å². The zero-order valence-electron chi connectivity index (χ0n) is 26.2. The molecule has 0 radical (unpaired) electrons. The van der Waals surface area contributed by atoms with Crippen LogP contribution in [-0.2, 0) is 2.93 Å². The predicted octanol–water partition coefficient (Wildman–Crippen LogP) is 4.08. The second-order valence-corrected chi connectivity index (χ2v) is 48.5. The van der Waals surface area contributed by atoms with Crippen LogP contribution >= 0.6 is 0 Å². The van der Waals surface area contributed by atoms with Gasteiger partial charge in [0.25, 0.3) is 0 Å². The Morgan fingerprint density at radius 2 is 0.611 bits per heavy atom. The molecule has 36 heavy (non-hydrogen) atoms. The van der Waals surface area contributed by atoms with E-state index in [1.807, 2.05) is 0 Å². The van der Waals surface area contributed by atoms with Gasteiger partial charge in [-0.1, -0.05) is 0 Å². The Morgan fingerprint density at radius 3 is 0.750 bits per heavy atom. The molecule has 3 rings (SSSR count). The van der Waals surface area contributed by atoms with Gasteiger partial charge in [0.2, 0.25) is 0 Å². The molecule has 0 amide bonds. The van der Waals surface area contributed by atoms with E-state index in [9.17, 15) is 0 Å². The summed E-state index contributed by atoms with van der Waals surface area (Å²) in [6, 6.07) is 0. The first kappa shape index (κ1) is 33.3. The minimum absolute atomic E-state index is 0.00806. The van der Waals surface area contributed by atoms with Crippen molar-refractivity contribution >= 4 is 79.8 Å². The Balaban J connectivity index is 2.10. The molecule has 8 nitrogen and oxygen atoms in total. The molecule has 0 aromatic rings. The summed E-state index contributed by atoms with van der Waals surface area (Å²) in [5, 5.41) is 0. The Kier molecular flexibility index (Phi) is 8.96. The molecule has 3 fully saturated rings. The molecule has 2 spiro atoms. The normalized spacial score (nSPS) is 27.6. The van der Waals surface area contributed by atoms with Crippen LogP contribution in [0.25, 0.3) is 0 Å². The quantitative estimate of drug-likeness (QED) is 0.403. The number of hydrogen-bond acceptors (Lipinski definition) is 8. The molecule has 3 aliphatic heterocycles. The average Bonchev–Trinajstić information content (AvgIpc) is 2.40. The van der Waals surface area contributed by atoms with Crippen LogP contribution in [-0.4, -0.2) is 119 Å². The fourth-order valence-corrected chi connectivity index (χ4v) is 92.9. The zero-order chi connectivity index (χ0) is 28.3. The van der Waals surface area contributed by atoms with Crippen molar-refractivity contribution in [3.05, 3.63) is 0 Å². The summed E-state index contributed by atoms with van der Waals surface area (Å²) in [7, 11) is 0. The summed E-state index contributed by atoms with van der Waals surface area (Å²) in [6.07, 6.45) is 0. The van der Waals surface area contributed by atoms with E-state index in [0.717, 1.165) is 0 Å². The molecule has 0 bridgehead atoms. The third-order valence-corrected chi connectivity index (χ3v) is 71.1. The van der Waals surface area contributed by atoms with Crippen LogP contribution in [0, 0.1) is 0 Å². The van der Waals surface area contributed by atoms with Gasteiger partial charge in [0, 0.05) is 0 Å². The Hall–Kier alpha value is 2.84. The van der Waals surface area contributed by atoms with E-state index >= 15 is 0 Å². The van der Waals surface area contributed by atoms with Gasteiger partial charge in [-0.2, -0.15) is 0 Å². The Morgan fingerprint density at radius 1 is 0.417 bits per heavy atom. The SMILES string of the molecule is CC(C)(C)N[Te+]1N(C(C)(C)C)[Te]2(O[Te]3(O2)N(C(C)(C)C)[Te+](NC(C)(C)C)N3C(C)(C)C)N1C(C)(C)C. The number of nitrogens with one attached hydrogen (secondary N) is 2. The molecular formula is C24H56N6O2Te4+2. The van der Waals surface area contributed by atoms with Gasteiger partial charge in [-0.25, -0.2) is 0 Å². The van der Waals surface area contributed by atoms with Crippen LogP contribution in [0.2, 0.25) is 0 Å². The van der Waals surface area contributed by atoms with E-state index < -0.39 is 79.8 Å². The van der Waals surface area contributed by atoms with Gasteiger partial charge >= 0.3 is 253 Å². The van der Waals surface area contributed by atoms with E-state index in [-0.39, 0.29) is 33.2 Å². The third kappa shape index (κ3) is 6.00. The summed E-state index contributed by atoms with van der Waals surface area (Å²) < 4.78 is 34.7. The van der Waals surface area contributed by atoms with Crippen molar-refractivity contribution in [1.82, 2.24) is 12.7 Å². The van der Waals surface area contributed by atoms with Gasteiger partial charge in [0.1, 0.15) is 0 Å². The van der Waals surface area contributed by atoms with Gasteiger partial charge in [-0.3, -0.25) is 0 Å². The van der Waals surface area contributed by atoms with Crippen LogP contribution in [0.1, 0.15) is 125 Å². The summed E-state index contributed by atoms with van der Waals surface area (Å²) in [5.74, 6) is 0. The fraction of sp³-hybridized carbons (Fsp3) is 1.00. The first-order valence-electron chi connectivity index (χ1n) is 12.9. The molecule has 0 unspecified atom stereocenters. The van der Waals surface area contributed by atoms with Gasteiger partial charge in [0.05, 0.1) is 0 Å². The minimum atomic E-state index is -3.46. The maximum atomic E-state index is 7.70. The van der Waals surface area contributed by atoms with E-state index in [0.29, 0.717) is 0 Å². The predicted molar refractivity (Wildman–Crippen MR) is 157 cm³/mol. The summed E-state index contributed by atoms with van der Waals surface area (Å²) in [4.78, 5) is 0. The van der Waals surface area contributed by atoms with E-state index in [1.54, 1.807) is 0 Å². The standard InChI is InChI=1S/C24H56N6O2Te4/c1-19(2,3)25-33-27(21(7,8)9)35(28(33)22(10,11)12)31-36(32-35)29(23(13,14)15)34(26-20(4,5)6)30(36)24(16,17)18/h25-26H,1-18H3/q+2. The van der Waals surface area contributed by atoms with E-state index in [4.69, 9.17) is 2.93 Å². The molecular weight excluding hydrogens is 915 g/mol. The van der Waals surface area contributed by atoms with Gasteiger partial charge < -0.3 is 0 Å². The molecule has 3 saturated heterocycles. The maximum absolute atomic E-state index is 7.70. The van der Waals surface area contributed by atoms with Gasteiger partial charge in [0.15, 0.2) is 0 Å². The molecule has 0 aromatic carbocycles. The first-order valence-corrected chi connectivity index (χ1v) is 27.4. The van der Waals surface area contributed by atoms with Crippen molar-refractivity contribution in [1.29, 1.82) is 0 Å². The van der Waals surface area contributed by atoms with Crippen LogP contribution in [0.5, 0.6) is 0 Å². The Bertz CT molecular complexity index is 726. The third-order valence-electron chi connectivity index (χ3n) is 4.81. The molecule has 0 saturated carbocycles. The second-order valence-electron chi connectivity index (χ2n) is 16.0. The number of hydrogen-bond donors (Lipinski definition) is 2. The number of nitrogens with zero attached hydrogens (tertiary/aromatic N) is 4. The Labute approximate surface area is 250 Å². The first-order chi connectivity index (χ1) is 15.6. The van der Waals surface area contributed by atoms with Crippen LogP contribution in [0.3, 0.4) is 0 Å². The molecule has 2 N–H and O–H groups in total. The summed E-state index contributed by atoms with van der Waals surface area (Å²) in [5.41, 5.74) is 0.141. The molecule has 3 heterocycles. The zero-order valence-corrected chi connectivity index (χ0v) is 35.6. The van der Waals surface area contributed by atoms with Crippen molar-refractivity contribution in [2.75, 3.05) is 0 Å². The molecule has 0 atom stereocenters.